The second-order valence-corrected chi connectivity index (χ2v) is 7.98. The van der Waals surface area contributed by atoms with Gasteiger partial charge >= 0.3 is 0 Å². The third-order valence-electron chi connectivity index (χ3n) is 6.84. The van der Waals surface area contributed by atoms with Gasteiger partial charge in [0.25, 0.3) is 0 Å². The molecule has 0 radical (unpaired) electrons. The van der Waals surface area contributed by atoms with E-state index in [1.165, 1.54) is 43.4 Å². The first-order valence-corrected chi connectivity index (χ1v) is 9.76. The zero-order chi connectivity index (χ0) is 17.3. The maximum atomic E-state index is 9.98. The van der Waals surface area contributed by atoms with Crippen LogP contribution < -0.4 is 0 Å². The number of likely N-dealkylation sites (tertiary alicyclic amines) is 1. The molecule has 1 aliphatic heterocycles. The van der Waals surface area contributed by atoms with Gasteiger partial charge in [-0.1, -0.05) is 55.8 Å². The zero-order valence-electron chi connectivity index (χ0n) is 15.2. The number of aromatic hydroxyl groups is 1. The van der Waals surface area contributed by atoms with Gasteiger partial charge in [0.1, 0.15) is 5.75 Å². The Kier molecular flexibility index (Phi) is 4.56. The first-order chi connectivity index (χ1) is 12.2. The summed E-state index contributed by atoms with van der Waals surface area (Å²) in [5.74, 6) is 1.06. The number of phenolic OH excluding ortho intramolecular Hbond substituents is 1. The summed E-state index contributed by atoms with van der Waals surface area (Å²) < 4.78 is 0. The van der Waals surface area contributed by atoms with E-state index in [0.717, 1.165) is 13.0 Å². The van der Waals surface area contributed by atoms with Crippen molar-refractivity contribution in [1.82, 2.24) is 4.90 Å². The number of nitrogens with zero attached hydrogens (tertiary/aromatic N) is 1. The number of hydrogen-bond acceptors (Lipinski definition) is 2. The summed E-state index contributed by atoms with van der Waals surface area (Å²) in [5.41, 5.74) is 3.05. The number of hydrogen-bond donors (Lipinski definition) is 1. The lowest BCUT2D eigenvalue weighted by Gasteiger charge is -2.55. The highest BCUT2D eigenvalue weighted by molar-refractivity contribution is 5.35. The van der Waals surface area contributed by atoms with Crippen molar-refractivity contribution in [2.24, 2.45) is 5.92 Å². The molecule has 1 N–H and O–H groups in total. The lowest BCUT2D eigenvalue weighted by molar-refractivity contribution is -0.00242. The first-order valence-electron chi connectivity index (χ1n) is 9.76. The topological polar surface area (TPSA) is 23.5 Å². The standard InChI is InChI=1S/C23H29NO/c1-18-22-11-6-13-23(18,20-9-5-10-21(25)17-20)14-16-24(22)15-12-19-7-3-2-4-8-19/h2-5,7-10,17-18,22,25H,6,11-16H2,1H3/t18-,22+,23+/m0/s1. The van der Waals surface area contributed by atoms with E-state index >= 15 is 0 Å². The third-order valence-corrected chi connectivity index (χ3v) is 6.84. The van der Waals surface area contributed by atoms with E-state index in [1.54, 1.807) is 6.07 Å². The van der Waals surface area contributed by atoms with Gasteiger partial charge in [0, 0.05) is 18.0 Å². The van der Waals surface area contributed by atoms with Crippen molar-refractivity contribution in [3.8, 4) is 5.75 Å². The molecule has 25 heavy (non-hydrogen) atoms. The first kappa shape index (κ1) is 16.7. The van der Waals surface area contributed by atoms with E-state index in [1.807, 2.05) is 12.1 Å². The van der Waals surface area contributed by atoms with Crippen LogP contribution in [0.1, 0.15) is 43.7 Å². The monoisotopic (exact) mass is 335 g/mol. The summed E-state index contributed by atoms with van der Waals surface area (Å²) in [7, 11) is 0. The molecule has 0 aromatic heterocycles. The number of benzene rings is 2. The van der Waals surface area contributed by atoms with Crippen LogP contribution >= 0.6 is 0 Å². The molecule has 1 saturated heterocycles. The second kappa shape index (κ2) is 6.84. The minimum absolute atomic E-state index is 0.255. The predicted molar refractivity (Wildman–Crippen MR) is 103 cm³/mol. The number of piperidine rings is 1. The molecule has 2 aromatic rings. The van der Waals surface area contributed by atoms with Gasteiger partial charge in [0.05, 0.1) is 0 Å². The molecular weight excluding hydrogens is 306 g/mol. The van der Waals surface area contributed by atoms with Crippen LogP contribution in [0.25, 0.3) is 0 Å². The van der Waals surface area contributed by atoms with E-state index in [9.17, 15) is 5.11 Å². The molecule has 0 spiro atoms. The van der Waals surface area contributed by atoms with E-state index in [2.05, 4.69) is 48.2 Å². The zero-order valence-corrected chi connectivity index (χ0v) is 15.2. The van der Waals surface area contributed by atoms with E-state index in [-0.39, 0.29) is 5.41 Å². The summed E-state index contributed by atoms with van der Waals surface area (Å²) >= 11 is 0. The molecule has 2 fully saturated rings. The summed E-state index contributed by atoms with van der Waals surface area (Å²) in [6.45, 7) is 4.79. The van der Waals surface area contributed by atoms with Crippen molar-refractivity contribution < 1.29 is 5.11 Å². The minimum Gasteiger partial charge on any atom is -0.508 e. The fourth-order valence-corrected chi connectivity index (χ4v) is 5.40. The number of rotatable bonds is 4. The van der Waals surface area contributed by atoms with Crippen LogP contribution in [-0.4, -0.2) is 29.1 Å². The molecule has 1 heterocycles. The number of fused-ring (bicyclic) bond motifs is 2. The Balaban J connectivity index is 1.52. The van der Waals surface area contributed by atoms with Gasteiger partial charge in [-0.2, -0.15) is 0 Å². The summed E-state index contributed by atoms with van der Waals surface area (Å²) in [6.07, 6.45) is 6.23. The quantitative estimate of drug-likeness (QED) is 0.870. The van der Waals surface area contributed by atoms with Crippen LogP contribution in [-0.2, 0) is 11.8 Å². The lowest BCUT2D eigenvalue weighted by Crippen LogP contribution is -2.58. The summed E-state index contributed by atoms with van der Waals surface area (Å²) in [4.78, 5) is 2.73. The molecule has 2 nitrogen and oxygen atoms in total. The van der Waals surface area contributed by atoms with Gasteiger partial charge in [-0.15, -0.1) is 0 Å². The molecule has 1 aliphatic carbocycles. The van der Waals surface area contributed by atoms with Crippen molar-refractivity contribution in [2.75, 3.05) is 13.1 Å². The summed E-state index contributed by atoms with van der Waals surface area (Å²) in [5, 5.41) is 9.98. The van der Waals surface area contributed by atoms with E-state index in [0.29, 0.717) is 17.7 Å². The van der Waals surface area contributed by atoms with Gasteiger partial charge < -0.3 is 5.11 Å². The van der Waals surface area contributed by atoms with Gasteiger partial charge in [-0.25, -0.2) is 0 Å². The Bertz CT molecular complexity index is 713. The van der Waals surface area contributed by atoms with Crippen LogP contribution in [0.3, 0.4) is 0 Å². The Morgan fingerprint density at radius 3 is 2.72 bits per heavy atom. The normalized spacial score (nSPS) is 29.5. The van der Waals surface area contributed by atoms with E-state index in [4.69, 9.17) is 0 Å². The smallest absolute Gasteiger partial charge is 0.115 e. The SMILES string of the molecule is C[C@H]1[C@H]2CCC[C@@]1(c1cccc(O)c1)CCN2CCc1ccccc1. The molecule has 4 rings (SSSR count). The Hall–Kier alpha value is -1.80. The lowest BCUT2D eigenvalue weighted by atomic mass is 9.57. The largest absolute Gasteiger partial charge is 0.508 e. The molecule has 2 bridgehead atoms. The molecule has 2 aliphatic rings. The summed E-state index contributed by atoms with van der Waals surface area (Å²) in [6, 6.07) is 19.6. The molecular formula is C23H29NO. The maximum Gasteiger partial charge on any atom is 0.115 e. The molecule has 2 aromatic carbocycles. The molecule has 1 saturated carbocycles. The highest BCUT2D eigenvalue weighted by Gasteiger charge is 2.49. The van der Waals surface area contributed by atoms with Gasteiger partial charge in [-0.05, 0) is 61.4 Å². The van der Waals surface area contributed by atoms with Crippen molar-refractivity contribution in [1.29, 1.82) is 0 Å². The Labute approximate surface area is 151 Å². The number of phenols is 1. The van der Waals surface area contributed by atoms with Crippen molar-refractivity contribution in [3.63, 3.8) is 0 Å². The average molecular weight is 335 g/mol. The molecule has 0 amide bonds. The van der Waals surface area contributed by atoms with Crippen molar-refractivity contribution in [2.45, 2.75) is 50.5 Å². The van der Waals surface area contributed by atoms with Crippen molar-refractivity contribution >= 4 is 0 Å². The van der Waals surface area contributed by atoms with E-state index < -0.39 is 0 Å². The fraction of sp³-hybridized carbons (Fsp3) is 0.478. The minimum atomic E-state index is 0.255. The Morgan fingerprint density at radius 1 is 1.08 bits per heavy atom. The molecule has 132 valence electrons. The van der Waals surface area contributed by atoms with Gasteiger partial charge in [0.15, 0.2) is 0 Å². The van der Waals surface area contributed by atoms with Crippen LogP contribution in [0.15, 0.2) is 54.6 Å². The fourth-order valence-electron chi connectivity index (χ4n) is 5.40. The van der Waals surface area contributed by atoms with Crippen LogP contribution in [0, 0.1) is 5.92 Å². The van der Waals surface area contributed by atoms with Gasteiger partial charge in [0.2, 0.25) is 0 Å². The van der Waals surface area contributed by atoms with Crippen LogP contribution in [0.4, 0.5) is 0 Å². The average Bonchev–Trinajstić information content (AvgIpc) is 2.62. The van der Waals surface area contributed by atoms with Crippen LogP contribution in [0.2, 0.25) is 0 Å². The molecule has 0 unspecified atom stereocenters. The van der Waals surface area contributed by atoms with Crippen molar-refractivity contribution in [3.05, 3.63) is 65.7 Å². The molecule has 3 atom stereocenters. The molecule has 2 heteroatoms. The Morgan fingerprint density at radius 2 is 1.92 bits per heavy atom. The maximum absolute atomic E-state index is 9.98. The van der Waals surface area contributed by atoms with Gasteiger partial charge in [-0.3, -0.25) is 4.90 Å². The highest BCUT2D eigenvalue weighted by Crippen LogP contribution is 2.51. The third kappa shape index (κ3) is 3.08. The van der Waals surface area contributed by atoms with Crippen LogP contribution in [0.5, 0.6) is 5.75 Å². The predicted octanol–water partition coefficient (Wildman–Crippen LogP) is 4.77. The second-order valence-electron chi connectivity index (χ2n) is 7.98. The highest BCUT2D eigenvalue weighted by atomic mass is 16.3.